The van der Waals surface area contributed by atoms with Crippen molar-refractivity contribution < 1.29 is 10.2 Å². The van der Waals surface area contributed by atoms with Crippen molar-refractivity contribution >= 4 is 11.6 Å². The summed E-state index contributed by atoms with van der Waals surface area (Å²) in [5.41, 5.74) is 7.79. The fraction of sp³-hybridized carbons (Fsp3) is 0.333. The van der Waals surface area contributed by atoms with E-state index in [1.807, 2.05) is 12.1 Å². The molecule has 0 saturated carbocycles. The molecule has 4 N–H and O–H groups in total. The summed E-state index contributed by atoms with van der Waals surface area (Å²) in [5, 5.41) is 27.0. The van der Waals surface area contributed by atoms with E-state index in [0.717, 1.165) is 5.56 Å². The first-order valence-electron chi connectivity index (χ1n) is 5.83. The molecule has 2 aromatic rings. The number of aliphatic hydroxyl groups excluding tert-OH is 2. The van der Waals surface area contributed by atoms with Crippen LogP contribution in [-0.4, -0.2) is 37.9 Å². The van der Waals surface area contributed by atoms with Crippen molar-refractivity contribution in [2.45, 2.75) is 19.2 Å². The molecule has 1 aromatic carbocycles. The van der Waals surface area contributed by atoms with Crippen molar-refractivity contribution in [1.82, 2.24) is 15.0 Å². The zero-order chi connectivity index (χ0) is 13.8. The molecular weight excluding hydrogens is 268 g/mol. The van der Waals surface area contributed by atoms with Crippen molar-refractivity contribution in [1.29, 1.82) is 0 Å². The van der Waals surface area contributed by atoms with Gasteiger partial charge in [0.1, 0.15) is 5.69 Å². The molecule has 19 heavy (non-hydrogen) atoms. The lowest BCUT2D eigenvalue weighted by Gasteiger charge is -2.11. The zero-order valence-corrected chi connectivity index (χ0v) is 11.0. The maximum absolute atomic E-state index is 9.52. The van der Waals surface area contributed by atoms with Gasteiger partial charge in [-0.2, -0.15) is 0 Å². The Morgan fingerprint density at radius 3 is 2.84 bits per heavy atom. The Bertz CT molecular complexity index is 558. The highest BCUT2D eigenvalue weighted by atomic mass is 35.5. The van der Waals surface area contributed by atoms with Gasteiger partial charge in [-0.25, -0.2) is 4.68 Å². The Morgan fingerprint density at radius 1 is 1.42 bits per heavy atom. The van der Waals surface area contributed by atoms with Gasteiger partial charge in [-0.3, -0.25) is 0 Å². The largest absolute Gasteiger partial charge is 0.394 e. The molecule has 0 aliphatic carbocycles. The van der Waals surface area contributed by atoms with Crippen LogP contribution in [0.1, 0.15) is 5.69 Å². The summed E-state index contributed by atoms with van der Waals surface area (Å²) in [6.07, 6.45) is -0.898. The van der Waals surface area contributed by atoms with E-state index in [9.17, 15) is 5.11 Å². The fourth-order valence-corrected chi connectivity index (χ4v) is 2.01. The zero-order valence-electron chi connectivity index (χ0n) is 10.2. The van der Waals surface area contributed by atoms with Crippen LogP contribution < -0.4 is 5.73 Å². The molecule has 2 rings (SSSR count). The predicted octanol–water partition coefficient (Wildman–Crippen LogP) is 0.410. The summed E-state index contributed by atoms with van der Waals surface area (Å²) in [6.45, 7) is 0.0369. The molecule has 0 aliphatic heterocycles. The molecule has 102 valence electrons. The topological polar surface area (TPSA) is 97.2 Å². The van der Waals surface area contributed by atoms with E-state index >= 15 is 0 Å². The smallest absolute Gasteiger partial charge is 0.104 e. The third-order valence-corrected chi connectivity index (χ3v) is 2.93. The number of halogens is 1. The Balaban J connectivity index is 2.44. The summed E-state index contributed by atoms with van der Waals surface area (Å²) in [4.78, 5) is 0. The van der Waals surface area contributed by atoms with Gasteiger partial charge in [0.25, 0.3) is 0 Å². The molecule has 6 nitrogen and oxygen atoms in total. The first-order chi connectivity index (χ1) is 9.15. The third kappa shape index (κ3) is 3.10. The summed E-state index contributed by atoms with van der Waals surface area (Å²) in [5.74, 6) is 0. The molecule has 0 radical (unpaired) electrons. The molecule has 0 fully saturated rings. The quantitative estimate of drug-likeness (QED) is 0.738. The molecule has 1 heterocycles. The van der Waals surface area contributed by atoms with Gasteiger partial charge in [-0.1, -0.05) is 28.9 Å². The van der Waals surface area contributed by atoms with E-state index in [-0.39, 0.29) is 19.7 Å². The lowest BCUT2D eigenvalue weighted by molar-refractivity contribution is 0.0782. The van der Waals surface area contributed by atoms with Gasteiger partial charge in [-0.15, -0.1) is 5.10 Å². The maximum atomic E-state index is 9.52. The average molecular weight is 283 g/mol. The summed E-state index contributed by atoms with van der Waals surface area (Å²) in [6, 6.07) is 7.23. The Labute approximate surface area is 115 Å². The molecule has 1 aromatic heterocycles. The minimum absolute atomic E-state index is 0.144. The average Bonchev–Trinajstić information content (AvgIpc) is 2.81. The van der Waals surface area contributed by atoms with Crippen LogP contribution in [0.25, 0.3) is 11.3 Å². The summed E-state index contributed by atoms with van der Waals surface area (Å²) < 4.78 is 1.52. The second-order valence-electron chi connectivity index (χ2n) is 4.12. The van der Waals surface area contributed by atoms with Crippen LogP contribution in [0.15, 0.2) is 24.3 Å². The number of nitrogens with two attached hydrogens (primary N) is 1. The van der Waals surface area contributed by atoms with Crippen LogP contribution >= 0.6 is 11.6 Å². The number of rotatable bonds is 5. The van der Waals surface area contributed by atoms with Crippen molar-refractivity contribution in [3.8, 4) is 11.3 Å². The van der Waals surface area contributed by atoms with Crippen LogP contribution in [0.5, 0.6) is 0 Å². The number of hydrogen-bond donors (Lipinski definition) is 3. The van der Waals surface area contributed by atoms with Crippen LogP contribution in [0.3, 0.4) is 0 Å². The Kier molecular flexibility index (Phi) is 4.49. The van der Waals surface area contributed by atoms with Crippen molar-refractivity contribution in [3.63, 3.8) is 0 Å². The summed E-state index contributed by atoms with van der Waals surface area (Å²) in [7, 11) is 0. The highest BCUT2D eigenvalue weighted by Gasteiger charge is 2.16. The van der Waals surface area contributed by atoms with E-state index in [4.69, 9.17) is 22.4 Å². The van der Waals surface area contributed by atoms with Crippen molar-refractivity contribution in [2.75, 3.05) is 6.61 Å². The number of benzene rings is 1. The lowest BCUT2D eigenvalue weighted by Crippen LogP contribution is -2.21. The first-order valence-corrected chi connectivity index (χ1v) is 6.20. The first kappa shape index (κ1) is 14.0. The van der Waals surface area contributed by atoms with Gasteiger partial charge in [0.15, 0.2) is 0 Å². The fourth-order valence-electron chi connectivity index (χ4n) is 1.82. The monoisotopic (exact) mass is 282 g/mol. The van der Waals surface area contributed by atoms with Gasteiger partial charge >= 0.3 is 0 Å². The lowest BCUT2D eigenvalue weighted by atomic mass is 10.1. The molecular formula is C12H15ClN4O2. The number of nitrogens with zero attached hydrogens (tertiary/aromatic N) is 3. The molecule has 0 aliphatic rings. The van der Waals surface area contributed by atoms with Gasteiger partial charge in [0.05, 0.1) is 24.9 Å². The second kappa shape index (κ2) is 6.12. The van der Waals surface area contributed by atoms with Gasteiger partial charge < -0.3 is 15.9 Å². The van der Waals surface area contributed by atoms with Crippen LogP contribution in [0.2, 0.25) is 5.02 Å². The molecule has 0 spiro atoms. The van der Waals surface area contributed by atoms with Crippen LogP contribution in [0.4, 0.5) is 0 Å². The minimum atomic E-state index is -0.898. The molecule has 7 heteroatoms. The highest BCUT2D eigenvalue weighted by Crippen LogP contribution is 2.25. The SMILES string of the molecule is NCc1nnn(CC(O)CO)c1-c1cccc(Cl)c1. The molecule has 1 atom stereocenters. The molecule has 0 saturated heterocycles. The maximum Gasteiger partial charge on any atom is 0.104 e. The van der Waals surface area contributed by atoms with Crippen LogP contribution in [0, 0.1) is 0 Å². The predicted molar refractivity (Wildman–Crippen MR) is 71.5 cm³/mol. The Hall–Kier alpha value is -1.47. The van der Waals surface area contributed by atoms with E-state index in [1.54, 1.807) is 12.1 Å². The van der Waals surface area contributed by atoms with E-state index in [1.165, 1.54) is 4.68 Å². The van der Waals surface area contributed by atoms with Gasteiger partial charge in [0.2, 0.25) is 0 Å². The number of hydrogen-bond acceptors (Lipinski definition) is 5. The van der Waals surface area contributed by atoms with Gasteiger partial charge in [-0.05, 0) is 12.1 Å². The second-order valence-corrected chi connectivity index (χ2v) is 4.55. The summed E-state index contributed by atoms with van der Waals surface area (Å²) >= 11 is 5.97. The van der Waals surface area contributed by atoms with E-state index < -0.39 is 6.10 Å². The van der Waals surface area contributed by atoms with Gasteiger partial charge in [0, 0.05) is 17.1 Å². The van der Waals surface area contributed by atoms with E-state index in [2.05, 4.69) is 10.3 Å². The Morgan fingerprint density at radius 2 is 2.21 bits per heavy atom. The number of aromatic nitrogens is 3. The minimum Gasteiger partial charge on any atom is -0.394 e. The van der Waals surface area contributed by atoms with E-state index in [0.29, 0.717) is 16.4 Å². The molecule has 0 bridgehead atoms. The van der Waals surface area contributed by atoms with Crippen LogP contribution in [-0.2, 0) is 13.1 Å². The highest BCUT2D eigenvalue weighted by molar-refractivity contribution is 6.30. The molecule has 1 unspecified atom stereocenters. The standard InChI is InChI=1S/C12H15ClN4O2/c13-9-3-1-2-8(4-9)12-11(5-14)15-16-17(12)6-10(19)7-18/h1-4,10,18-19H,5-7,14H2. The number of aliphatic hydroxyl groups is 2. The normalized spacial score (nSPS) is 12.6. The third-order valence-electron chi connectivity index (χ3n) is 2.69. The van der Waals surface area contributed by atoms with Crippen molar-refractivity contribution in [3.05, 3.63) is 35.0 Å². The van der Waals surface area contributed by atoms with Crippen molar-refractivity contribution in [2.24, 2.45) is 5.73 Å². The molecule has 0 amide bonds.